The number of carbonyl (C=O) groups excluding carboxylic acids is 1. The zero-order chi connectivity index (χ0) is 14.0. The molecule has 4 heteroatoms. The van der Waals surface area contributed by atoms with E-state index < -0.39 is 5.60 Å². The number of carbonyl (C=O) groups is 1. The van der Waals surface area contributed by atoms with Crippen molar-refractivity contribution in [1.29, 1.82) is 0 Å². The predicted octanol–water partition coefficient (Wildman–Crippen LogP) is 3.19. The lowest BCUT2D eigenvalue weighted by Crippen LogP contribution is -2.33. The molecule has 0 fully saturated rings. The molecule has 0 rings (SSSR count). The summed E-state index contributed by atoms with van der Waals surface area (Å²) < 4.78 is 5.14. The quantitative estimate of drug-likeness (QED) is 0.656. The SMILES string of the molecule is C=C(CC)NCCCCCNC(=O)OC(C)(C)C. The summed E-state index contributed by atoms with van der Waals surface area (Å²) in [6.07, 6.45) is 3.79. The minimum atomic E-state index is -0.422. The predicted molar refractivity (Wildman–Crippen MR) is 75.5 cm³/mol. The van der Waals surface area contributed by atoms with Crippen LogP contribution in [0.15, 0.2) is 12.3 Å². The Labute approximate surface area is 111 Å². The van der Waals surface area contributed by atoms with Gasteiger partial charge in [0.2, 0.25) is 0 Å². The van der Waals surface area contributed by atoms with E-state index in [0.29, 0.717) is 6.54 Å². The number of alkyl carbamates (subject to hydrolysis) is 1. The van der Waals surface area contributed by atoms with E-state index in [1.54, 1.807) is 0 Å². The van der Waals surface area contributed by atoms with E-state index in [0.717, 1.165) is 37.9 Å². The van der Waals surface area contributed by atoms with Crippen molar-refractivity contribution in [2.75, 3.05) is 13.1 Å². The number of allylic oxidation sites excluding steroid dienone is 1. The highest BCUT2D eigenvalue weighted by molar-refractivity contribution is 5.67. The fraction of sp³-hybridized carbons (Fsp3) is 0.786. The number of rotatable bonds is 8. The molecule has 0 aromatic rings. The number of hydrogen-bond donors (Lipinski definition) is 2. The molecule has 0 unspecified atom stereocenters. The maximum absolute atomic E-state index is 11.3. The van der Waals surface area contributed by atoms with Crippen LogP contribution in [0.25, 0.3) is 0 Å². The van der Waals surface area contributed by atoms with Crippen molar-refractivity contribution >= 4 is 6.09 Å². The molecule has 0 spiro atoms. The number of nitrogens with one attached hydrogen (secondary N) is 2. The van der Waals surface area contributed by atoms with Crippen LogP contribution in [0, 0.1) is 0 Å². The number of amides is 1. The van der Waals surface area contributed by atoms with Gasteiger partial charge >= 0.3 is 6.09 Å². The second-order valence-electron chi connectivity index (χ2n) is 5.37. The van der Waals surface area contributed by atoms with Crippen molar-refractivity contribution in [3.8, 4) is 0 Å². The van der Waals surface area contributed by atoms with E-state index in [4.69, 9.17) is 4.74 Å². The summed E-state index contributed by atoms with van der Waals surface area (Å²) in [5.41, 5.74) is 0.663. The van der Waals surface area contributed by atoms with Crippen LogP contribution >= 0.6 is 0 Å². The molecule has 0 heterocycles. The summed E-state index contributed by atoms with van der Waals surface area (Å²) in [6, 6.07) is 0. The summed E-state index contributed by atoms with van der Waals surface area (Å²) in [6.45, 7) is 13.2. The Morgan fingerprint density at radius 2 is 1.67 bits per heavy atom. The summed E-state index contributed by atoms with van der Waals surface area (Å²) in [5, 5.41) is 6.01. The molecule has 0 bridgehead atoms. The minimum Gasteiger partial charge on any atom is -0.444 e. The van der Waals surface area contributed by atoms with E-state index in [9.17, 15) is 4.79 Å². The molecule has 0 aromatic carbocycles. The van der Waals surface area contributed by atoms with E-state index in [2.05, 4.69) is 24.1 Å². The van der Waals surface area contributed by atoms with Crippen LogP contribution in [-0.2, 0) is 4.74 Å². The molecule has 0 radical (unpaired) electrons. The van der Waals surface area contributed by atoms with Crippen molar-refractivity contribution < 1.29 is 9.53 Å². The molecule has 0 aliphatic carbocycles. The van der Waals surface area contributed by atoms with Gasteiger partial charge in [-0.15, -0.1) is 0 Å². The number of hydrogen-bond acceptors (Lipinski definition) is 3. The molecular weight excluding hydrogens is 228 g/mol. The molecular formula is C14H28N2O2. The van der Waals surface area contributed by atoms with Gasteiger partial charge < -0.3 is 15.4 Å². The molecule has 0 saturated heterocycles. The fourth-order valence-corrected chi connectivity index (χ4v) is 1.32. The summed E-state index contributed by atoms with van der Waals surface area (Å²) in [5.74, 6) is 0. The van der Waals surface area contributed by atoms with Crippen molar-refractivity contribution in [2.45, 2.75) is 59.0 Å². The lowest BCUT2D eigenvalue weighted by atomic mass is 10.2. The smallest absolute Gasteiger partial charge is 0.407 e. The normalized spacial score (nSPS) is 10.9. The summed E-state index contributed by atoms with van der Waals surface area (Å²) in [4.78, 5) is 11.3. The Bertz CT molecular complexity index is 257. The Balaban J connectivity index is 3.35. The Hall–Kier alpha value is -1.19. The zero-order valence-electron chi connectivity index (χ0n) is 12.3. The fourth-order valence-electron chi connectivity index (χ4n) is 1.32. The Morgan fingerprint density at radius 1 is 1.11 bits per heavy atom. The van der Waals surface area contributed by atoms with E-state index in [1.807, 2.05) is 20.8 Å². The van der Waals surface area contributed by atoms with Gasteiger partial charge in [0, 0.05) is 18.8 Å². The van der Waals surface area contributed by atoms with Crippen molar-refractivity contribution in [3.63, 3.8) is 0 Å². The summed E-state index contributed by atoms with van der Waals surface area (Å²) >= 11 is 0. The monoisotopic (exact) mass is 256 g/mol. The third kappa shape index (κ3) is 11.3. The minimum absolute atomic E-state index is 0.333. The highest BCUT2D eigenvalue weighted by Gasteiger charge is 2.15. The van der Waals surface area contributed by atoms with Crippen LogP contribution < -0.4 is 10.6 Å². The first-order valence-corrected chi connectivity index (χ1v) is 6.73. The van der Waals surface area contributed by atoms with Gasteiger partial charge in [0.25, 0.3) is 0 Å². The third-order valence-corrected chi connectivity index (χ3v) is 2.32. The van der Waals surface area contributed by atoms with Gasteiger partial charge in [-0.05, 0) is 46.5 Å². The van der Waals surface area contributed by atoms with Crippen LogP contribution in [0.3, 0.4) is 0 Å². The van der Waals surface area contributed by atoms with Crippen molar-refractivity contribution in [3.05, 3.63) is 12.3 Å². The molecule has 106 valence electrons. The summed E-state index contributed by atoms with van der Waals surface area (Å²) in [7, 11) is 0. The molecule has 0 aromatic heterocycles. The third-order valence-electron chi connectivity index (χ3n) is 2.32. The van der Waals surface area contributed by atoms with Gasteiger partial charge in [0.05, 0.1) is 0 Å². The first kappa shape index (κ1) is 16.8. The molecule has 18 heavy (non-hydrogen) atoms. The second kappa shape index (κ2) is 8.84. The van der Waals surface area contributed by atoms with Gasteiger partial charge in [-0.3, -0.25) is 0 Å². The number of unbranched alkanes of at least 4 members (excludes halogenated alkanes) is 2. The maximum atomic E-state index is 11.3. The van der Waals surface area contributed by atoms with Crippen molar-refractivity contribution in [2.24, 2.45) is 0 Å². The standard InChI is InChI=1S/C14H28N2O2/c1-6-12(2)15-10-8-7-9-11-16-13(17)18-14(3,4)5/h15H,2,6-11H2,1,3-5H3,(H,16,17). The van der Waals surface area contributed by atoms with E-state index in [1.165, 1.54) is 0 Å². The van der Waals surface area contributed by atoms with Gasteiger partial charge in [0.1, 0.15) is 5.60 Å². The van der Waals surface area contributed by atoms with Gasteiger partial charge in [0.15, 0.2) is 0 Å². The molecule has 0 saturated carbocycles. The molecule has 0 aliphatic heterocycles. The Morgan fingerprint density at radius 3 is 2.17 bits per heavy atom. The lowest BCUT2D eigenvalue weighted by Gasteiger charge is -2.19. The van der Waals surface area contributed by atoms with E-state index >= 15 is 0 Å². The van der Waals surface area contributed by atoms with Gasteiger partial charge in [-0.25, -0.2) is 4.79 Å². The molecule has 1 amide bonds. The van der Waals surface area contributed by atoms with Crippen LogP contribution in [0.2, 0.25) is 0 Å². The second-order valence-corrected chi connectivity index (χ2v) is 5.37. The van der Waals surface area contributed by atoms with Crippen LogP contribution in [-0.4, -0.2) is 24.8 Å². The van der Waals surface area contributed by atoms with Crippen LogP contribution in [0.4, 0.5) is 4.79 Å². The number of ether oxygens (including phenoxy) is 1. The highest BCUT2D eigenvalue weighted by Crippen LogP contribution is 2.06. The average molecular weight is 256 g/mol. The topological polar surface area (TPSA) is 50.4 Å². The average Bonchev–Trinajstić information content (AvgIpc) is 2.25. The largest absolute Gasteiger partial charge is 0.444 e. The highest BCUT2D eigenvalue weighted by atomic mass is 16.6. The maximum Gasteiger partial charge on any atom is 0.407 e. The first-order valence-electron chi connectivity index (χ1n) is 6.73. The molecule has 0 atom stereocenters. The van der Waals surface area contributed by atoms with Crippen LogP contribution in [0.1, 0.15) is 53.4 Å². The first-order chi connectivity index (χ1) is 8.35. The zero-order valence-corrected chi connectivity index (χ0v) is 12.3. The van der Waals surface area contributed by atoms with Gasteiger partial charge in [-0.1, -0.05) is 13.5 Å². The lowest BCUT2D eigenvalue weighted by molar-refractivity contribution is 0.0527. The molecule has 0 aliphatic rings. The molecule has 2 N–H and O–H groups in total. The Kier molecular flexibility index (Phi) is 8.25. The van der Waals surface area contributed by atoms with Crippen LogP contribution in [0.5, 0.6) is 0 Å². The van der Waals surface area contributed by atoms with Crippen molar-refractivity contribution in [1.82, 2.24) is 10.6 Å². The van der Waals surface area contributed by atoms with Gasteiger partial charge in [-0.2, -0.15) is 0 Å². The molecule has 4 nitrogen and oxygen atoms in total. The van der Waals surface area contributed by atoms with E-state index in [-0.39, 0.29) is 6.09 Å².